The van der Waals surface area contributed by atoms with Crippen molar-refractivity contribution in [2.24, 2.45) is 0 Å². The lowest BCUT2D eigenvalue weighted by Gasteiger charge is -2.24. The van der Waals surface area contributed by atoms with Crippen LogP contribution in [0.5, 0.6) is 0 Å². The molecule has 1 heterocycles. The summed E-state index contributed by atoms with van der Waals surface area (Å²) >= 11 is 0. The fourth-order valence-corrected chi connectivity index (χ4v) is 4.61. The Morgan fingerprint density at radius 3 is 2.48 bits per heavy atom. The molecule has 0 amide bonds. The Kier molecular flexibility index (Phi) is 5.60. The van der Waals surface area contributed by atoms with Gasteiger partial charge in [0.1, 0.15) is 0 Å². The first-order valence-electron chi connectivity index (χ1n) is 8.65. The number of nitrogens with one attached hydrogen (secondary N) is 1. The monoisotopic (exact) mass is 398 g/mol. The summed E-state index contributed by atoms with van der Waals surface area (Å²) < 4.78 is 66.1. The second-order valence-electron chi connectivity index (χ2n) is 6.71. The Hall–Kier alpha value is -1.90. The zero-order valence-electron chi connectivity index (χ0n) is 14.8. The molecule has 1 aliphatic rings. The van der Waals surface area contributed by atoms with E-state index in [9.17, 15) is 21.6 Å². The van der Waals surface area contributed by atoms with E-state index in [4.69, 9.17) is 0 Å². The van der Waals surface area contributed by atoms with E-state index >= 15 is 0 Å². The third kappa shape index (κ3) is 4.69. The van der Waals surface area contributed by atoms with Crippen molar-refractivity contribution in [1.82, 2.24) is 9.62 Å². The van der Waals surface area contributed by atoms with Crippen molar-refractivity contribution in [2.45, 2.75) is 36.5 Å². The maximum Gasteiger partial charge on any atom is 0.416 e. The summed E-state index contributed by atoms with van der Waals surface area (Å²) in [6.07, 6.45) is -3.98. The van der Waals surface area contributed by atoms with Crippen molar-refractivity contribution in [2.75, 3.05) is 13.1 Å². The predicted octanol–water partition coefficient (Wildman–Crippen LogP) is 3.82. The highest BCUT2D eigenvalue weighted by molar-refractivity contribution is 7.89. The molecule has 0 bridgehead atoms. The fourth-order valence-electron chi connectivity index (χ4n) is 3.30. The van der Waals surface area contributed by atoms with Crippen molar-refractivity contribution in [3.8, 4) is 0 Å². The number of alkyl halides is 3. The molecule has 2 aromatic rings. The lowest BCUT2D eigenvalue weighted by atomic mass is 10.1. The normalized spacial score (nSPS) is 19.9. The Morgan fingerprint density at radius 1 is 1.11 bits per heavy atom. The maximum absolute atomic E-state index is 12.8. The molecule has 1 aliphatic heterocycles. The molecule has 3 rings (SSSR count). The SMILES string of the molecule is C[C@H](c1ccccc1)N1CC[C@H](NS(=O)(=O)c2cccc(C(F)(F)F)c2)C1. The zero-order valence-corrected chi connectivity index (χ0v) is 15.6. The van der Waals surface area contributed by atoms with E-state index in [1.807, 2.05) is 30.3 Å². The van der Waals surface area contributed by atoms with Gasteiger partial charge in [-0.2, -0.15) is 13.2 Å². The molecule has 0 spiro atoms. The first kappa shape index (κ1) is 19.9. The van der Waals surface area contributed by atoms with Crippen LogP contribution in [-0.4, -0.2) is 32.4 Å². The molecule has 8 heteroatoms. The van der Waals surface area contributed by atoms with Gasteiger partial charge < -0.3 is 0 Å². The number of rotatable bonds is 5. The van der Waals surface area contributed by atoms with Crippen LogP contribution in [0.1, 0.15) is 30.5 Å². The Balaban J connectivity index is 1.69. The molecular weight excluding hydrogens is 377 g/mol. The molecule has 0 aliphatic carbocycles. The molecule has 146 valence electrons. The summed E-state index contributed by atoms with van der Waals surface area (Å²) in [5.41, 5.74) is 0.162. The van der Waals surface area contributed by atoms with Gasteiger partial charge in [0.05, 0.1) is 10.5 Å². The van der Waals surface area contributed by atoms with Gasteiger partial charge in [-0.15, -0.1) is 0 Å². The topological polar surface area (TPSA) is 49.4 Å². The van der Waals surface area contributed by atoms with Gasteiger partial charge in [0.2, 0.25) is 10.0 Å². The van der Waals surface area contributed by atoms with Crippen LogP contribution >= 0.6 is 0 Å². The number of sulfonamides is 1. The van der Waals surface area contributed by atoms with Crippen LogP contribution in [0, 0.1) is 0 Å². The van der Waals surface area contributed by atoms with Crippen molar-refractivity contribution in [3.05, 3.63) is 65.7 Å². The molecule has 4 nitrogen and oxygen atoms in total. The molecule has 0 unspecified atom stereocenters. The van der Waals surface area contributed by atoms with Crippen molar-refractivity contribution in [3.63, 3.8) is 0 Å². The summed E-state index contributed by atoms with van der Waals surface area (Å²) in [6, 6.07) is 13.5. The summed E-state index contributed by atoms with van der Waals surface area (Å²) in [5, 5.41) is 0. The minimum atomic E-state index is -4.58. The van der Waals surface area contributed by atoms with Gasteiger partial charge in [-0.05, 0) is 37.1 Å². The zero-order chi connectivity index (χ0) is 19.7. The Bertz CT molecular complexity index is 885. The third-order valence-corrected chi connectivity index (χ3v) is 6.36. The molecule has 1 saturated heterocycles. The number of halogens is 3. The van der Waals surface area contributed by atoms with Crippen LogP contribution < -0.4 is 4.72 Å². The molecule has 0 aromatic heterocycles. The third-order valence-electron chi connectivity index (χ3n) is 4.84. The molecule has 1 fully saturated rings. The largest absolute Gasteiger partial charge is 0.416 e. The predicted molar refractivity (Wildman–Crippen MR) is 96.6 cm³/mol. The molecule has 2 aromatic carbocycles. The summed E-state index contributed by atoms with van der Waals surface area (Å²) in [6.45, 7) is 3.28. The molecule has 1 N–H and O–H groups in total. The second-order valence-corrected chi connectivity index (χ2v) is 8.43. The summed E-state index contributed by atoms with van der Waals surface area (Å²) in [4.78, 5) is 1.79. The number of benzene rings is 2. The van der Waals surface area contributed by atoms with E-state index in [1.54, 1.807) is 0 Å². The Labute approximate surface area is 157 Å². The van der Waals surface area contributed by atoms with Crippen LogP contribution in [0.15, 0.2) is 59.5 Å². The average molecular weight is 398 g/mol. The quantitative estimate of drug-likeness (QED) is 0.833. The molecule has 2 atom stereocenters. The minimum Gasteiger partial charge on any atom is -0.295 e. The highest BCUT2D eigenvalue weighted by Crippen LogP contribution is 2.31. The van der Waals surface area contributed by atoms with Crippen LogP contribution in [-0.2, 0) is 16.2 Å². The second kappa shape index (κ2) is 7.61. The van der Waals surface area contributed by atoms with Crippen LogP contribution in [0.2, 0.25) is 0 Å². The van der Waals surface area contributed by atoms with Crippen LogP contribution in [0.3, 0.4) is 0 Å². The van der Waals surface area contributed by atoms with Crippen molar-refractivity contribution in [1.29, 1.82) is 0 Å². The number of hydrogen-bond donors (Lipinski definition) is 1. The van der Waals surface area contributed by atoms with Gasteiger partial charge in [-0.25, -0.2) is 13.1 Å². The number of hydrogen-bond acceptors (Lipinski definition) is 3. The van der Waals surface area contributed by atoms with E-state index in [-0.39, 0.29) is 17.0 Å². The van der Waals surface area contributed by atoms with Crippen molar-refractivity contribution < 1.29 is 21.6 Å². The standard InChI is InChI=1S/C19H21F3N2O2S/c1-14(15-6-3-2-4-7-15)24-11-10-17(13-24)23-27(25,26)18-9-5-8-16(12-18)19(20,21)22/h2-9,12,14,17,23H,10-11,13H2,1H3/t14-,17+/m1/s1. The van der Waals surface area contributed by atoms with Gasteiger partial charge in [0.25, 0.3) is 0 Å². The number of nitrogens with zero attached hydrogens (tertiary/aromatic N) is 1. The van der Waals surface area contributed by atoms with Gasteiger partial charge in [-0.1, -0.05) is 36.4 Å². The molecular formula is C19H21F3N2O2S. The van der Waals surface area contributed by atoms with E-state index in [2.05, 4.69) is 16.5 Å². The van der Waals surface area contributed by atoms with Crippen LogP contribution in [0.4, 0.5) is 13.2 Å². The van der Waals surface area contributed by atoms with Gasteiger partial charge in [-0.3, -0.25) is 4.90 Å². The average Bonchev–Trinajstić information content (AvgIpc) is 3.09. The summed E-state index contributed by atoms with van der Waals surface area (Å²) in [5.74, 6) is 0. The molecule has 27 heavy (non-hydrogen) atoms. The first-order valence-corrected chi connectivity index (χ1v) is 10.1. The minimum absolute atomic E-state index is 0.134. The lowest BCUT2D eigenvalue weighted by molar-refractivity contribution is -0.137. The highest BCUT2D eigenvalue weighted by Gasteiger charge is 2.33. The van der Waals surface area contributed by atoms with E-state index < -0.39 is 21.8 Å². The first-order chi connectivity index (χ1) is 12.7. The van der Waals surface area contributed by atoms with Crippen molar-refractivity contribution >= 4 is 10.0 Å². The summed E-state index contributed by atoms with van der Waals surface area (Å²) in [7, 11) is -4.02. The highest BCUT2D eigenvalue weighted by atomic mass is 32.2. The van der Waals surface area contributed by atoms with E-state index in [0.29, 0.717) is 25.6 Å². The smallest absolute Gasteiger partial charge is 0.295 e. The molecule has 0 saturated carbocycles. The van der Waals surface area contributed by atoms with Crippen LogP contribution in [0.25, 0.3) is 0 Å². The number of likely N-dealkylation sites (tertiary alicyclic amines) is 1. The molecule has 0 radical (unpaired) electrons. The van der Waals surface area contributed by atoms with Gasteiger partial charge in [0.15, 0.2) is 0 Å². The maximum atomic E-state index is 12.8. The van der Waals surface area contributed by atoms with Gasteiger partial charge >= 0.3 is 6.18 Å². The fraction of sp³-hybridized carbons (Fsp3) is 0.368. The van der Waals surface area contributed by atoms with E-state index in [1.165, 1.54) is 6.07 Å². The lowest BCUT2D eigenvalue weighted by Crippen LogP contribution is -2.37. The van der Waals surface area contributed by atoms with Gasteiger partial charge in [0, 0.05) is 25.2 Å². The van der Waals surface area contributed by atoms with E-state index in [0.717, 1.165) is 17.7 Å². The Morgan fingerprint density at radius 2 is 1.81 bits per heavy atom.